The predicted molar refractivity (Wildman–Crippen MR) is 86.3 cm³/mol. The van der Waals surface area contributed by atoms with Crippen LogP contribution in [0.5, 0.6) is 11.5 Å². The maximum atomic E-state index is 11.3. The molecule has 114 valence electrons. The lowest BCUT2D eigenvalue weighted by Crippen LogP contribution is -2.44. The standard InChI is InChI=1S/C19H21NO2/c1-20-12-10-19(11-13-20)15-7-3-5-9-17(15)22-16-8-4-2-6-14(16)18(19)21/h2-9,18,21H,10-13H2,1H3. The minimum absolute atomic E-state index is 0.254. The average Bonchev–Trinajstić information content (AvgIpc) is 2.65. The number of aliphatic hydroxyl groups excluding tert-OH is 1. The minimum atomic E-state index is -0.527. The molecule has 0 radical (unpaired) electrons. The van der Waals surface area contributed by atoms with Gasteiger partial charge in [-0.15, -0.1) is 0 Å². The van der Waals surface area contributed by atoms with Crippen LogP contribution in [0, 0.1) is 0 Å². The van der Waals surface area contributed by atoms with Crippen molar-refractivity contribution in [3.05, 3.63) is 59.7 Å². The van der Waals surface area contributed by atoms with Gasteiger partial charge in [0.05, 0.1) is 6.10 Å². The highest BCUT2D eigenvalue weighted by molar-refractivity contribution is 5.51. The third kappa shape index (κ3) is 1.97. The van der Waals surface area contributed by atoms with Crippen molar-refractivity contribution in [1.29, 1.82) is 0 Å². The Morgan fingerprint density at radius 3 is 2.41 bits per heavy atom. The highest BCUT2D eigenvalue weighted by Gasteiger charge is 2.46. The van der Waals surface area contributed by atoms with Gasteiger partial charge in [0.2, 0.25) is 0 Å². The number of para-hydroxylation sites is 2. The van der Waals surface area contributed by atoms with Crippen molar-refractivity contribution in [3.63, 3.8) is 0 Å². The van der Waals surface area contributed by atoms with Crippen LogP contribution in [0.15, 0.2) is 48.5 Å². The van der Waals surface area contributed by atoms with Gasteiger partial charge in [-0.25, -0.2) is 0 Å². The molecule has 1 unspecified atom stereocenters. The minimum Gasteiger partial charge on any atom is -0.457 e. The Labute approximate surface area is 131 Å². The van der Waals surface area contributed by atoms with Crippen LogP contribution in [0.1, 0.15) is 30.1 Å². The van der Waals surface area contributed by atoms with Crippen LogP contribution in [0.2, 0.25) is 0 Å². The zero-order valence-electron chi connectivity index (χ0n) is 12.8. The maximum absolute atomic E-state index is 11.3. The van der Waals surface area contributed by atoms with E-state index in [9.17, 15) is 5.11 Å². The summed E-state index contributed by atoms with van der Waals surface area (Å²) in [7, 11) is 2.15. The van der Waals surface area contributed by atoms with E-state index in [4.69, 9.17) is 4.74 Å². The zero-order chi connectivity index (χ0) is 15.2. The van der Waals surface area contributed by atoms with Crippen molar-refractivity contribution >= 4 is 0 Å². The summed E-state index contributed by atoms with van der Waals surface area (Å²) in [6, 6.07) is 16.1. The number of hydrogen-bond donors (Lipinski definition) is 1. The quantitative estimate of drug-likeness (QED) is 0.807. The fraction of sp³-hybridized carbons (Fsp3) is 0.368. The summed E-state index contributed by atoms with van der Waals surface area (Å²) in [5, 5.41) is 11.3. The number of aliphatic hydroxyl groups is 1. The molecule has 0 bridgehead atoms. The molecule has 2 aromatic rings. The van der Waals surface area contributed by atoms with Gasteiger partial charge in [0.1, 0.15) is 11.5 Å². The normalized spacial score (nSPS) is 23.3. The van der Waals surface area contributed by atoms with Crippen molar-refractivity contribution < 1.29 is 9.84 Å². The van der Waals surface area contributed by atoms with E-state index >= 15 is 0 Å². The molecule has 0 saturated carbocycles. The van der Waals surface area contributed by atoms with Crippen LogP contribution in [0.3, 0.4) is 0 Å². The summed E-state index contributed by atoms with van der Waals surface area (Å²) in [5.41, 5.74) is 1.80. The van der Waals surface area contributed by atoms with Crippen molar-refractivity contribution in [2.24, 2.45) is 0 Å². The first-order valence-corrected chi connectivity index (χ1v) is 7.94. The van der Waals surface area contributed by atoms with Crippen LogP contribution in [0.25, 0.3) is 0 Å². The molecule has 2 aliphatic rings. The molecule has 1 saturated heterocycles. The van der Waals surface area contributed by atoms with Crippen LogP contribution in [0.4, 0.5) is 0 Å². The Bertz CT molecular complexity index is 689. The number of piperidine rings is 1. The molecule has 0 aliphatic carbocycles. The van der Waals surface area contributed by atoms with Crippen molar-refractivity contribution in [3.8, 4) is 11.5 Å². The number of ether oxygens (including phenoxy) is 1. The smallest absolute Gasteiger partial charge is 0.133 e. The molecule has 1 atom stereocenters. The molecular formula is C19H21NO2. The average molecular weight is 295 g/mol. The number of likely N-dealkylation sites (tertiary alicyclic amines) is 1. The highest BCUT2D eigenvalue weighted by atomic mass is 16.5. The summed E-state index contributed by atoms with van der Waals surface area (Å²) in [6.45, 7) is 1.99. The molecule has 2 heterocycles. The third-order valence-electron chi connectivity index (χ3n) is 5.26. The largest absolute Gasteiger partial charge is 0.457 e. The van der Waals surface area contributed by atoms with Crippen molar-refractivity contribution in [2.75, 3.05) is 20.1 Å². The number of nitrogens with zero attached hydrogens (tertiary/aromatic N) is 1. The number of rotatable bonds is 0. The molecule has 1 fully saturated rings. The van der Waals surface area contributed by atoms with Gasteiger partial charge in [-0.1, -0.05) is 36.4 Å². The van der Waals surface area contributed by atoms with E-state index < -0.39 is 6.10 Å². The lowest BCUT2D eigenvalue weighted by atomic mass is 9.67. The second-order valence-corrected chi connectivity index (χ2v) is 6.50. The molecule has 0 amide bonds. The summed E-state index contributed by atoms with van der Waals surface area (Å²) in [6.07, 6.45) is 1.36. The first-order chi connectivity index (χ1) is 10.7. The Hall–Kier alpha value is -1.84. The SMILES string of the molecule is CN1CCC2(CC1)c1ccccc1Oc1ccccc1C2O. The van der Waals surface area contributed by atoms with Crippen LogP contribution < -0.4 is 4.74 Å². The lowest BCUT2D eigenvalue weighted by Gasteiger charge is -2.43. The van der Waals surface area contributed by atoms with Gasteiger partial charge in [0.15, 0.2) is 0 Å². The van der Waals surface area contributed by atoms with Crippen LogP contribution in [-0.2, 0) is 5.41 Å². The molecule has 2 aromatic carbocycles. The van der Waals surface area contributed by atoms with E-state index in [1.54, 1.807) is 0 Å². The van der Waals surface area contributed by atoms with E-state index in [0.29, 0.717) is 0 Å². The fourth-order valence-corrected chi connectivity index (χ4v) is 3.89. The van der Waals surface area contributed by atoms with E-state index in [1.807, 2.05) is 42.5 Å². The molecule has 4 rings (SSSR count). The predicted octanol–water partition coefficient (Wildman–Crippen LogP) is 3.49. The molecule has 3 heteroatoms. The van der Waals surface area contributed by atoms with Gasteiger partial charge in [0.25, 0.3) is 0 Å². The number of hydrogen-bond acceptors (Lipinski definition) is 3. The van der Waals surface area contributed by atoms with E-state index in [0.717, 1.165) is 48.6 Å². The van der Waals surface area contributed by atoms with Gasteiger partial charge >= 0.3 is 0 Å². The summed E-state index contributed by atoms with van der Waals surface area (Å²) >= 11 is 0. The van der Waals surface area contributed by atoms with Crippen LogP contribution >= 0.6 is 0 Å². The van der Waals surface area contributed by atoms with Gasteiger partial charge in [0, 0.05) is 16.5 Å². The zero-order valence-corrected chi connectivity index (χ0v) is 12.8. The molecule has 1 N–H and O–H groups in total. The third-order valence-corrected chi connectivity index (χ3v) is 5.26. The van der Waals surface area contributed by atoms with Gasteiger partial charge in [-0.2, -0.15) is 0 Å². The Morgan fingerprint density at radius 1 is 1.00 bits per heavy atom. The van der Waals surface area contributed by atoms with Gasteiger partial charge in [-0.3, -0.25) is 0 Å². The van der Waals surface area contributed by atoms with E-state index in [1.165, 1.54) is 0 Å². The van der Waals surface area contributed by atoms with Crippen molar-refractivity contribution in [1.82, 2.24) is 4.90 Å². The topological polar surface area (TPSA) is 32.7 Å². The first kappa shape index (κ1) is 13.8. The van der Waals surface area contributed by atoms with Gasteiger partial charge in [-0.05, 0) is 45.1 Å². The highest BCUT2D eigenvalue weighted by Crippen LogP contribution is 2.53. The number of benzene rings is 2. The lowest BCUT2D eigenvalue weighted by molar-refractivity contribution is 0.0360. The first-order valence-electron chi connectivity index (χ1n) is 7.94. The molecular weight excluding hydrogens is 274 g/mol. The van der Waals surface area contributed by atoms with Crippen LogP contribution in [-0.4, -0.2) is 30.1 Å². The molecule has 3 nitrogen and oxygen atoms in total. The van der Waals surface area contributed by atoms with Crippen molar-refractivity contribution in [2.45, 2.75) is 24.4 Å². The fourth-order valence-electron chi connectivity index (χ4n) is 3.89. The summed E-state index contributed by atoms with van der Waals surface area (Å²) in [4.78, 5) is 2.33. The Morgan fingerprint density at radius 2 is 1.64 bits per heavy atom. The Kier molecular flexibility index (Phi) is 3.21. The Balaban J connectivity index is 1.92. The molecule has 2 aliphatic heterocycles. The van der Waals surface area contributed by atoms with E-state index in [-0.39, 0.29) is 5.41 Å². The van der Waals surface area contributed by atoms with Gasteiger partial charge < -0.3 is 14.7 Å². The molecule has 1 spiro atoms. The van der Waals surface area contributed by atoms with E-state index in [2.05, 4.69) is 18.0 Å². The second kappa shape index (κ2) is 5.11. The molecule has 0 aromatic heterocycles. The number of fused-ring (bicyclic) bond motifs is 3. The molecule has 22 heavy (non-hydrogen) atoms. The maximum Gasteiger partial charge on any atom is 0.133 e. The summed E-state index contributed by atoms with van der Waals surface area (Å²) < 4.78 is 6.15. The summed E-state index contributed by atoms with van der Waals surface area (Å²) in [5.74, 6) is 1.66. The monoisotopic (exact) mass is 295 g/mol. The second-order valence-electron chi connectivity index (χ2n) is 6.50.